The molecule has 0 radical (unpaired) electrons. The van der Waals surface area contributed by atoms with Crippen molar-refractivity contribution in [2.45, 2.75) is 6.54 Å². The third-order valence-corrected chi connectivity index (χ3v) is 3.17. The number of aliphatic carboxylic acids is 2. The van der Waals surface area contributed by atoms with Gasteiger partial charge in [-0.05, 0) is 36.4 Å². The van der Waals surface area contributed by atoms with Gasteiger partial charge in [0.25, 0.3) is 0 Å². The number of nitrogens with zero attached hydrogens (tertiary/aromatic N) is 2. The average molecular weight is 330 g/mol. The Morgan fingerprint density at radius 1 is 1.08 bits per heavy atom. The van der Waals surface area contributed by atoms with Crippen LogP contribution in [0.2, 0.25) is 0 Å². The number of rotatable bonds is 3. The van der Waals surface area contributed by atoms with Crippen LogP contribution in [0.25, 0.3) is 0 Å². The molecule has 0 atom stereocenters. The van der Waals surface area contributed by atoms with Crippen molar-refractivity contribution in [1.82, 2.24) is 4.57 Å². The summed E-state index contributed by atoms with van der Waals surface area (Å²) in [5.41, 5.74) is 3.04. The quantitative estimate of drug-likeness (QED) is 0.844. The molecule has 1 aromatic heterocycles. The van der Waals surface area contributed by atoms with Gasteiger partial charge in [0.1, 0.15) is 5.82 Å². The number of carboxylic acids is 2. The molecule has 124 valence electrons. The van der Waals surface area contributed by atoms with Gasteiger partial charge in [0.15, 0.2) is 0 Å². The Kier molecular flexibility index (Phi) is 5.62. The highest BCUT2D eigenvalue weighted by Gasteiger charge is 2.14. The molecule has 24 heavy (non-hydrogen) atoms. The van der Waals surface area contributed by atoms with Crippen molar-refractivity contribution in [3.8, 4) is 0 Å². The molecule has 2 aromatic rings. The van der Waals surface area contributed by atoms with E-state index in [9.17, 15) is 14.0 Å². The second-order valence-electron chi connectivity index (χ2n) is 4.83. The molecule has 0 aliphatic carbocycles. The Labute approximate surface area is 137 Å². The minimum Gasteiger partial charge on any atom is -0.478 e. The molecule has 0 bridgehead atoms. The topological polar surface area (TPSA) is 91.9 Å². The van der Waals surface area contributed by atoms with Crippen LogP contribution in [-0.2, 0) is 16.1 Å². The van der Waals surface area contributed by atoms with Crippen LogP contribution >= 0.6 is 0 Å². The molecule has 0 fully saturated rings. The van der Waals surface area contributed by atoms with E-state index in [0.29, 0.717) is 12.2 Å². The summed E-state index contributed by atoms with van der Waals surface area (Å²) >= 11 is 0. The second-order valence-corrected chi connectivity index (χ2v) is 4.83. The van der Waals surface area contributed by atoms with Gasteiger partial charge in [-0.2, -0.15) is 0 Å². The van der Waals surface area contributed by atoms with Gasteiger partial charge in [-0.25, -0.2) is 14.0 Å². The zero-order valence-corrected chi connectivity index (χ0v) is 12.6. The van der Waals surface area contributed by atoms with E-state index in [4.69, 9.17) is 10.2 Å². The third-order valence-electron chi connectivity index (χ3n) is 3.17. The fourth-order valence-corrected chi connectivity index (χ4v) is 2.16. The minimum atomic E-state index is -1.26. The van der Waals surface area contributed by atoms with E-state index in [1.165, 1.54) is 12.1 Å². The van der Waals surface area contributed by atoms with Crippen molar-refractivity contribution in [1.29, 1.82) is 0 Å². The summed E-state index contributed by atoms with van der Waals surface area (Å²) in [5.74, 6) is -2.73. The maximum Gasteiger partial charge on any atom is 0.328 e. The van der Waals surface area contributed by atoms with Gasteiger partial charge in [-0.15, -0.1) is 0 Å². The molecular weight excluding hydrogens is 315 g/mol. The molecular formula is C17H15FN2O4. The lowest BCUT2D eigenvalue weighted by Crippen LogP contribution is -2.18. The molecule has 0 amide bonds. The van der Waals surface area contributed by atoms with E-state index in [0.717, 1.165) is 30.1 Å². The summed E-state index contributed by atoms with van der Waals surface area (Å²) in [4.78, 5) is 23.6. The fraction of sp³-hybridized carbons (Fsp3) is 0.118. The van der Waals surface area contributed by atoms with Gasteiger partial charge in [0.05, 0.1) is 18.0 Å². The third kappa shape index (κ3) is 4.64. The molecule has 0 spiro atoms. The predicted molar refractivity (Wildman–Crippen MR) is 85.7 cm³/mol. The molecule has 0 saturated carbocycles. The van der Waals surface area contributed by atoms with E-state index in [1.807, 2.05) is 18.3 Å². The van der Waals surface area contributed by atoms with Crippen LogP contribution in [0.15, 0.2) is 59.7 Å². The Morgan fingerprint density at radius 3 is 2.29 bits per heavy atom. The monoisotopic (exact) mass is 330 g/mol. The van der Waals surface area contributed by atoms with Crippen LogP contribution < -0.4 is 0 Å². The van der Waals surface area contributed by atoms with E-state index >= 15 is 0 Å². The zero-order chi connectivity index (χ0) is 17.5. The van der Waals surface area contributed by atoms with E-state index in [-0.39, 0.29) is 5.82 Å². The smallest absolute Gasteiger partial charge is 0.328 e. The summed E-state index contributed by atoms with van der Waals surface area (Å²) in [7, 11) is 0. The molecule has 6 nitrogen and oxygen atoms in total. The number of aliphatic imine (C=N–C) groups is 1. The largest absolute Gasteiger partial charge is 0.478 e. The van der Waals surface area contributed by atoms with Crippen molar-refractivity contribution in [3.05, 3.63) is 71.8 Å². The summed E-state index contributed by atoms with van der Waals surface area (Å²) < 4.78 is 15.0. The first-order valence-electron chi connectivity index (χ1n) is 7.07. The highest BCUT2D eigenvalue weighted by Crippen LogP contribution is 2.16. The maximum atomic E-state index is 12.8. The van der Waals surface area contributed by atoms with E-state index in [1.54, 1.807) is 12.1 Å². The number of benzene rings is 1. The van der Waals surface area contributed by atoms with E-state index < -0.39 is 11.9 Å². The van der Waals surface area contributed by atoms with Gasteiger partial charge in [0, 0.05) is 30.5 Å². The van der Waals surface area contributed by atoms with Gasteiger partial charge in [0.2, 0.25) is 0 Å². The first kappa shape index (κ1) is 17.1. The van der Waals surface area contributed by atoms with Gasteiger partial charge < -0.3 is 14.8 Å². The molecule has 1 aromatic carbocycles. The number of hydrogen-bond donors (Lipinski definition) is 2. The van der Waals surface area contributed by atoms with Crippen LogP contribution in [0.4, 0.5) is 4.39 Å². The molecule has 2 heterocycles. The van der Waals surface area contributed by atoms with Crippen molar-refractivity contribution >= 4 is 17.7 Å². The normalized spacial score (nSPS) is 12.8. The van der Waals surface area contributed by atoms with Crippen LogP contribution in [0.3, 0.4) is 0 Å². The maximum absolute atomic E-state index is 12.8. The van der Waals surface area contributed by atoms with Crippen molar-refractivity contribution in [3.63, 3.8) is 0 Å². The molecule has 1 aliphatic heterocycles. The lowest BCUT2D eigenvalue weighted by molar-refractivity contribution is -0.134. The SMILES string of the molecule is Fc1ccc(C2=NCCn3cccc32)cc1.O=C(O)/C=C\C(=O)O. The van der Waals surface area contributed by atoms with Crippen LogP contribution in [0, 0.1) is 5.82 Å². The highest BCUT2D eigenvalue weighted by molar-refractivity contribution is 6.12. The van der Waals surface area contributed by atoms with Crippen molar-refractivity contribution in [2.24, 2.45) is 4.99 Å². The number of fused-ring (bicyclic) bond motifs is 1. The van der Waals surface area contributed by atoms with E-state index in [2.05, 4.69) is 9.56 Å². The van der Waals surface area contributed by atoms with Crippen LogP contribution in [0.5, 0.6) is 0 Å². The average Bonchev–Trinajstić information content (AvgIpc) is 3.03. The number of carbonyl (C=O) groups is 2. The predicted octanol–water partition coefficient (Wildman–Crippen LogP) is 2.19. The number of carboxylic acid groups (broad SMARTS) is 2. The zero-order valence-electron chi connectivity index (χ0n) is 12.6. The molecule has 3 rings (SSSR count). The van der Waals surface area contributed by atoms with Crippen molar-refractivity contribution < 1.29 is 24.2 Å². The number of halogens is 1. The fourth-order valence-electron chi connectivity index (χ4n) is 2.16. The lowest BCUT2D eigenvalue weighted by Gasteiger charge is -2.16. The Balaban J connectivity index is 0.000000224. The molecule has 0 saturated heterocycles. The Morgan fingerprint density at radius 2 is 1.71 bits per heavy atom. The summed E-state index contributed by atoms with van der Waals surface area (Å²) in [6.45, 7) is 1.71. The van der Waals surface area contributed by atoms with Crippen LogP contribution in [0.1, 0.15) is 11.3 Å². The number of hydrogen-bond acceptors (Lipinski definition) is 3. The first-order valence-corrected chi connectivity index (χ1v) is 7.07. The van der Waals surface area contributed by atoms with Gasteiger partial charge in [-0.1, -0.05) is 0 Å². The van der Waals surface area contributed by atoms with Gasteiger partial charge >= 0.3 is 11.9 Å². The summed E-state index contributed by atoms with van der Waals surface area (Å²) in [5, 5.41) is 15.6. The first-order chi connectivity index (χ1) is 11.5. The highest BCUT2D eigenvalue weighted by atomic mass is 19.1. The molecule has 1 aliphatic rings. The van der Waals surface area contributed by atoms with Gasteiger partial charge in [-0.3, -0.25) is 4.99 Å². The summed E-state index contributed by atoms with van der Waals surface area (Å²) in [6.07, 6.45) is 3.16. The molecule has 2 N–H and O–H groups in total. The second kappa shape index (κ2) is 7.87. The lowest BCUT2D eigenvalue weighted by atomic mass is 10.1. The Hall–Kier alpha value is -3.22. The standard InChI is InChI=1S/C13H11FN2.C4H4O4/c14-11-5-3-10(4-6-11)13-12-2-1-8-16(12)9-7-15-13;5-3(6)1-2-4(7)8/h1-6,8H,7,9H2;1-2H,(H,5,6)(H,7,8)/b;2-1-. The minimum absolute atomic E-state index is 0.212. The van der Waals surface area contributed by atoms with Crippen LogP contribution in [-0.4, -0.2) is 39.0 Å². The molecule has 7 heteroatoms. The van der Waals surface area contributed by atoms with Crippen molar-refractivity contribution in [2.75, 3.05) is 6.54 Å². The number of aromatic nitrogens is 1. The molecule has 0 unspecified atom stereocenters. The summed E-state index contributed by atoms with van der Waals surface area (Å²) in [6, 6.07) is 10.5. The Bertz CT molecular complexity index is 775.